The van der Waals surface area contributed by atoms with Crippen molar-refractivity contribution >= 4 is 48.3 Å². The van der Waals surface area contributed by atoms with Crippen LogP contribution in [-0.4, -0.2) is 16.6 Å². The molecule has 1 atom stereocenters. The maximum absolute atomic E-state index is 13.2. The van der Waals surface area contributed by atoms with Gasteiger partial charge in [-0.25, -0.2) is 9.99 Å². The molecule has 2 N–H and O–H groups in total. The quantitative estimate of drug-likeness (QED) is 0.269. The number of aromatic nitrogens is 1. The Hall–Kier alpha value is -2.66. The molecule has 3 aromatic rings. The minimum absolute atomic E-state index is 0.0502. The van der Waals surface area contributed by atoms with Crippen molar-refractivity contribution in [3.8, 4) is 0 Å². The fourth-order valence-electron chi connectivity index (χ4n) is 3.12. The zero-order valence-electron chi connectivity index (χ0n) is 18.0. The van der Waals surface area contributed by atoms with Crippen LogP contribution in [0.25, 0.3) is 0 Å². The second-order valence-corrected chi connectivity index (χ2v) is 10.6. The van der Waals surface area contributed by atoms with Crippen LogP contribution in [-0.2, 0) is 9.98 Å². The van der Waals surface area contributed by atoms with E-state index in [1.165, 1.54) is 5.01 Å². The second-order valence-electron chi connectivity index (χ2n) is 8.24. The molecule has 6 nitrogen and oxygen atoms in total. The molecule has 0 fully saturated rings. The summed E-state index contributed by atoms with van der Waals surface area (Å²) in [4.78, 5) is 15.2. The molecule has 0 saturated carbocycles. The molecule has 2 aromatic carbocycles. The highest BCUT2D eigenvalue weighted by molar-refractivity contribution is 7.67. The predicted octanol–water partition coefficient (Wildman–Crippen LogP) is 6.02. The van der Waals surface area contributed by atoms with Crippen molar-refractivity contribution in [3.63, 3.8) is 0 Å². The Morgan fingerprint density at radius 1 is 1.16 bits per heavy atom. The Bertz CT molecular complexity index is 1140. The molecule has 0 radical (unpaired) electrons. The van der Waals surface area contributed by atoms with Crippen molar-refractivity contribution in [3.05, 3.63) is 76.9 Å². The monoisotopic (exact) mass is 456 g/mol. The van der Waals surface area contributed by atoms with Gasteiger partial charge >= 0.3 is 7.52 Å². The first kappa shape index (κ1) is 23.0. The van der Waals surface area contributed by atoms with Crippen LogP contribution >= 0.6 is 19.1 Å². The van der Waals surface area contributed by atoms with Crippen molar-refractivity contribution < 1.29 is 9.46 Å². The van der Waals surface area contributed by atoms with Gasteiger partial charge < -0.3 is 9.98 Å². The molecule has 0 saturated heterocycles. The highest BCUT2D eigenvalue weighted by Gasteiger charge is 2.26. The summed E-state index contributed by atoms with van der Waals surface area (Å²) in [6.45, 7) is 11.8. The number of rotatable bonds is 6. The zero-order valence-corrected chi connectivity index (χ0v) is 19.7. The normalized spacial score (nSPS) is 13.4. The first-order chi connectivity index (χ1) is 14.5. The molecule has 8 heteroatoms. The number of nitrogens with one attached hydrogen (secondary N) is 1. The molecule has 3 rings (SSSR count). The molecule has 1 heterocycles. The molecule has 0 spiro atoms. The first-order valence-electron chi connectivity index (χ1n) is 9.73. The van der Waals surface area contributed by atoms with Crippen LogP contribution in [0.15, 0.2) is 65.9 Å². The Morgan fingerprint density at radius 2 is 1.84 bits per heavy atom. The van der Waals surface area contributed by atoms with Gasteiger partial charge in [0.25, 0.3) is 0 Å². The van der Waals surface area contributed by atoms with Crippen molar-refractivity contribution in [1.29, 1.82) is 0 Å². The Morgan fingerprint density at radius 3 is 2.42 bits per heavy atom. The van der Waals surface area contributed by atoms with Crippen LogP contribution in [0.4, 0.5) is 17.2 Å². The lowest BCUT2D eigenvalue weighted by Gasteiger charge is -2.25. The van der Waals surface area contributed by atoms with E-state index in [2.05, 4.69) is 42.7 Å². The summed E-state index contributed by atoms with van der Waals surface area (Å²) in [5.74, 6) is 0.546. The lowest BCUT2D eigenvalue weighted by molar-refractivity contribution is 0.495. The van der Waals surface area contributed by atoms with Crippen LogP contribution in [0.3, 0.4) is 0 Å². The Kier molecular flexibility index (Phi) is 6.56. The van der Waals surface area contributed by atoms with Gasteiger partial charge in [-0.1, -0.05) is 50.6 Å². The summed E-state index contributed by atoms with van der Waals surface area (Å²) >= 11 is 6.22. The summed E-state index contributed by atoms with van der Waals surface area (Å²) < 4.78 is 13.2. The number of anilines is 3. The van der Waals surface area contributed by atoms with Crippen molar-refractivity contribution in [2.24, 2.45) is 5.10 Å². The van der Waals surface area contributed by atoms with E-state index >= 15 is 0 Å². The topological polar surface area (TPSA) is 77.8 Å². The third-order valence-electron chi connectivity index (χ3n) is 4.87. The molecule has 0 amide bonds. The highest BCUT2D eigenvalue weighted by Crippen LogP contribution is 2.45. The van der Waals surface area contributed by atoms with Crippen molar-refractivity contribution in [2.75, 3.05) is 10.1 Å². The molecular weight excluding hydrogens is 431 g/mol. The highest BCUT2D eigenvalue weighted by atomic mass is 35.5. The Balaban J connectivity index is 2.01. The van der Waals surface area contributed by atoms with Crippen molar-refractivity contribution in [2.45, 2.75) is 33.1 Å². The number of nitrogens with zero attached hydrogens (tertiary/aromatic N) is 3. The molecule has 162 valence electrons. The smallest absolute Gasteiger partial charge is 0.321 e. The first-order valence-corrected chi connectivity index (χ1v) is 11.8. The van der Waals surface area contributed by atoms with E-state index in [0.29, 0.717) is 27.5 Å². The maximum Gasteiger partial charge on any atom is 0.321 e. The van der Waals surface area contributed by atoms with E-state index in [-0.39, 0.29) is 5.41 Å². The minimum atomic E-state index is -3.94. The fraction of sp³-hybridized carbons (Fsp3) is 0.217. The van der Waals surface area contributed by atoms with Gasteiger partial charge in [-0.05, 0) is 59.9 Å². The summed E-state index contributed by atoms with van der Waals surface area (Å²) in [6.07, 6.45) is 1.64. The minimum Gasteiger partial charge on any atom is -0.326 e. The standard InChI is InChI=1S/C23H26ClN4O2P/c1-16-7-6-14-26-22(16)28(25-5)21-15-18(24)10-13-20(21)27-31(29,30)19-11-8-17(9-12-19)23(2,3)4/h6-15H,5H2,1-4H3,(H2,27,29,30). The molecule has 0 aliphatic rings. The van der Waals surface area contributed by atoms with Crippen LogP contribution in [0.2, 0.25) is 5.02 Å². The third kappa shape index (κ3) is 5.16. The largest absolute Gasteiger partial charge is 0.326 e. The Labute approximate surface area is 188 Å². The lowest BCUT2D eigenvalue weighted by atomic mass is 9.87. The van der Waals surface area contributed by atoms with E-state index < -0.39 is 7.52 Å². The number of aryl methyl sites for hydroxylation is 1. The number of hydrogen-bond donors (Lipinski definition) is 2. The van der Waals surface area contributed by atoms with Gasteiger partial charge in [-0.3, -0.25) is 4.57 Å². The third-order valence-corrected chi connectivity index (χ3v) is 6.64. The van der Waals surface area contributed by atoms with E-state index in [4.69, 9.17) is 11.6 Å². The average Bonchev–Trinajstić information content (AvgIpc) is 2.71. The zero-order chi connectivity index (χ0) is 22.8. The SMILES string of the molecule is C=NN(c1cc(Cl)ccc1NP(=O)(O)c1ccc(C(C)(C)C)cc1)c1ncccc1C. The van der Waals surface area contributed by atoms with Gasteiger partial charge in [0.2, 0.25) is 0 Å². The number of pyridine rings is 1. The van der Waals surface area contributed by atoms with Crippen LogP contribution in [0.5, 0.6) is 0 Å². The van der Waals surface area contributed by atoms with Gasteiger partial charge in [0, 0.05) is 17.9 Å². The molecule has 0 bridgehead atoms. The molecule has 1 aromatic heterocycles. The van der Waals surface area contributed by atoms with Crippen LogP contribution < -0.4 is 15.4 Å². The molecule has 1 unspecified atom stereocenters. The number of benzene rings is 2. The number of halogens is 1. The molecule has 0 aliphatic heterocycles. The van der Waals surface area contributed by atoms with E-state index in [1.54, 1.807) is 36.5 Å². The van der Waals surface area contributed by atoms with Crippen LogP contribution in [0.1, 0.15) is 31.9 Å². The maximum atomic E-state index is 13.2. The van der Waals surface area contributed by atoms with E-state index in [9.17, 15) is 9.46 Å². The summed E-state index contributed by atoms with van der Waals surface area (Å²) in [5.41, 5.74) is 2.74. The lowest BCUT2D eigenvalue weighted by Crippen LogP contribution is -2.17. The van der Waals surface area contributed by atoms with E-state index in [0.717, 1.165) is 11.1 Å². The number of hydrazone groups is 1. The average molecular weight is 457 g/mol. The second kappa shape index (κ2) is 8.83. The van der Waals surface area contributed by atoms with Crippen molar-refractivity contribution in [1.82, 2.24) is 4.98 Å². The summed E-state index contributed by atoms with van der Waals surface area (Å²) in [5, 5.41) is 9.11. The fourth-order valence-corrected chi connectivity index (χ4v) is 4.49. The van der Waals surface area contributed by atoms with E-state index in [1.807, 2.05) is 31.2 Å². The summed E-state index contributed by atoms with van der Waals surface area (Å²) in [6, 6.07) is 15.7. The van der Waals surface area contributed by atoms with Crippen LogP contribution in [0, 0.1) is 6.92 Å². The van der Waals surface area contributed by atoms with Gasteiger partial charge in [0.15, 0.2) is 5.82 Å². The molecular formula is C23H26ClN4O2P. The summed E-state index contributed by atoms with van der Waals surface area (Å²) in [7, 11) is -3.94. The van der Waals surface area contributed by atoms with Gasteiger partial charge in [0.05, 0.1) is 16.7 Å². The van der Waals surface area contributed by atoms with Gasteiger partial charge in [-0.2, -0.15) is 5.10 Å². The molecule has 0 aliphatic carbocycles. The number of hydrogen-bond acceptors (Lipinski definition) is 4. The predicted molar refractivity (Wildman–Crippen MR) is 130 cm³/mol. The molecule has 31 heavy (non-hydrogen) atoms. The van der Waals surface area contributed by atoms with Gasteiger partial charge in [0.1, 0.15) is 0 Å². The van der Waals surface area contributed by atoms with Gasteiger partial charge in [-0.15, -0.1) is 0 Å².